The van der Waals surface area contributed by atoms with E-state index in [2.05, 4.69) is 15.5 Å². The van der Waals surface area contributed by atoms with Gasteiger partial charge in [-0.05, 0) is 12.1 Å². The van der Waals surface area contributed by atoms with Crippen LogP contribution in [0.5, 0.6) is 0 Å². The van der Waals surface area contributed by atoms with Gasteiger partial charge in [0.1, 0.15) is 41.9 Å². The van der Waals surface area contributed by atoms with E-state index in [-0.39, 0.29) is 23.1 Å². The van der Waals surface area contributed by atoms with Crippen LogP contribution >= 0.6 is 0 Å². The van der Waals surface area contributed by atoms with Gasteiger partial charge in [0.25, 0.3) is 0 Å². The van der Waals surface area contributed by atoms with Crippen molar-refractivity contribution in [1.82, 2.24) is 20.2 Å². The maximum Gasteiger partial charge on any atom is 0.177 e. The third kappa shape index (κ3) is 4.75. The van der Waals surface area contributed by atoms with E-state index >= 15 is 0 Å². The maximum absolute atomic E-state index is 14.6. The molecule has 5 atom stereocenters. The molecule has 0 aliphatic carbocycles. The highest BCUT2D eigenvalue weighted by Crippen LogP contribution is 2.35. The van der Waals surface area contributed by atoms with Crippen molar-refractivity contribution < 1.29 is 33.0 Å². The lowest BCUT2D eigenvalue weighted by molar-refractivity contribution is -0.212. The molecule has 1 aliphatic heterocycles. The molecule has 192 valence electrons. The average Bonchev–Trinajstić information content (AvgIpc) is 3.51. The Bertz CT molecular complexity index is 1260. The molecule has 1 aliphatic rings. The molecule has 36 heavy (non-hydrogen) atoms. The van der Waals surface area contributed by atoms with E-state index in [1.54, 1.807) is 6.07 Å². The Morgan fingerprint density at radius 3 is 2.58 bits per heavy atom. The van der Waals surface area contributed by atoms with E-state index in [1.165, 1.54) is 24.1 Å². The molecule has 0 bridgehead atoms. The van der Waals surface area contributed by atoms with Gasteiger partial charge in [-0.3, -0.25) is 0 Å². The molecule has 0 spiro atoms. The smallest absolute Gasteiger partial charge is 0.177 e. The van der Waals surface area contributed by atoms with E-state index in [9.17, 15) is 19.0 Å². The van der Waals surface area contributed by atoms with E-state index in [1.807, 2.05) is 26.8 Å². The van der Waals surface area contributed by atoms with Gasteiger partial charge in [0.05, 0.1) is 30.2 Å². The highest BCUT2D eigenvalue weighted by molar-refractivity contribution is 5.60. The molecule has 0 radical (unpaired) electrons. The molecule has 0 saturated carbocycles. The molecule has 4 rings (SSSR count). The molecule has 3 aromatic rings. The highest BCUT2D eigenvalue weighted by atomic mass is 19.2. The van der Waals surface area contributed by atoms with Crippen molar-refractivity contribution in [3.05, 3.63) is 53.0 Å². The second-order valence-electron chi connectivity index (χ2n) is 9.70. The predicted molar refractivity (Wildman–Crippen MR) is 121 cm³/mol. The van der Waals surface area contributed by atoms with Crippen LogP contribution < -0.4 is 0 Å². The number of nitriles is 1. The molecule has 3 heterocycles. The number of ether oxygens (including phenoxy) is 2. The standard InChI is InChI=1S/C24H27F2N5O5/c1-24(2,3)18-8-13(29-36-18)7-16-23(34-4)21(22(33)17(11-32)35-16)31-10-15(28-30-31)14-6-5-12(9-27)19(25)20(14)26/h5-6,8,10,16-17,21-23,32-33H,7,11H2,1-4H3/t16-,17-,21+,22+,23+/m1/s1. The number of benzene rings is 1. The van der Waals surface area contributed by atoms with Crippen molar-refractivity contribution in [2.45, 2.75) is 63.1 Å². The lowest BCUT2D eigenvalue weighted by Gasteiger charge is -2.43. The van der Waals surface area contributed by atoms with Gasteiger partial charge in [-0.1, -0.05) is 31.1 Å². The van der Waals surface area contributed by atoms with Crippen molar-refractivity contribution in [3.63, 3.8) is 0 Å². The van der Waals surface area contributed by atoms with Gasteiger partial charge in [0.15, 0.2) is 11.6 Å². The fraction of sp³-hybridized carbons (Fsp3) is 0.500. The Balaban J connectivity index is 1.66. The SMILES string of the molecule is CO[C@@H]1[C@@H](n2cc(-c3ccc(C#N)c(F)c3F)nn2)[C@@H](O)[C@@H](CO)O[C@@H]1Cc1cc(C(C)(C)C)on1. The molecular weight excluding hydrogens is 476 g/mol. The summed E-state index contributed by atoms with van der Waals surface area (Å²) in [5, 5.41) is 41.8. The summed E-state index contributed by atoms with van der Waals surface area (Å²) in [7, 11) is 1.44. The lowest BCUT2D eigenvalue weighted by atomic mass is 9.89. The minimum absolute atomic E-state index is 0.00662. The summed E-state index contributed by atoms with van der Waals surface area (Å²) >= 11 is 0. The fourth-order valence-corrected chi connectivity index (χ4v) is 4.28. The minimum Gasteiger partial charge on any atom is -0.394 e. The van der Waals surface area contributed by atoms with Crippen molar-refractivity contribution >= 4 is 0 Å². The number of halogens is 2. The molecule has 0 amide bonds. The number of aromatic nitrogens is 4. The molecule has 12 heteroatoms. The second kappa shape index (κ2) is 10.0. The summed E-state index contributed by atoms with van der Waals surface area (Å²) in [6.07, 6.45) is -2.05. The number of aliphatic hydroxyl groups excluding tert-OH is 2. The van der Waals surface area contributed by atoms with Crippen molar-refractivity contribution in [2.75, 3.05) is 13.7 Å². The zero-order valence-corrected chi connectivity index (χ0v) is 20.2. The number of hydrogen-bond acceptors (Lipinski definition) is 9. The van der Waals surface area contributed by atoms with Crippen LogP contribution in [-0.2, 0) is 21.3 Å². The number of rotatable bonds is 6. The molecule has 0 unspecified atom stereocenters. The Labute approximate surface area is 206 Å². The zero-order chi connectivity index (χ0) is 26.2. The zero-order valence-electron chi connectivity index (χ0n) is 20.2. The van der Waals surface area contributed by atoms with Gasteiger partial charge >= 0.3 is 0 Å². The average molecular weight is 504 g/mol. The monoisotopic (exact) mass is 503 g/mol. The van der Waals surface area contributed by atoms with Crippen molar-refractivity contribution in [3.8, 4) is 17.3 Å². The first-order chi connectivity index (χ1) is 17.1. The van der Waals surface area contributed by atoms with Gasteiger partial charge in [0.2, 0.25) is 0 Å². The third-order valence-corrected chi connectivity index (χ3v) is 6.24. The van der Waals surface area contributed by atoms with Crippen LogP contribution in [-0.4, -0.2) is 68.5 Å². The molecule has 2 N–H and O–H groups in total. The van der Waals surface area contributed by atoms with Gasteiger partial charge in [-0.25, -0.2) is 13.5 Å². The predicted octanol–water partition coefficient (Wildman–Crippen LogP) is 2.30. The third-order valence-electron chi connectivity index (χ3n) is 6.24. The summed E-state index contributed by atoms with van der Waals surface area (Å²) in [6.45, 7) is 5.50. The number of hydrogen-bond donors (Lipinski definition) is 2. The van der Waals surface area contributed by atoms with Gasteiger partial charge in [0, 0.05) is 30.6 Å². The lowest BCUT2D eigenvalue weighted by Crippen LogP contribution is -2.57. The van der Waals surface area contributed by atoms with Crippen LogP contribution in [0, 0.1) is 23.0 Å². The molecular formula is C24H27F2N5O5. The second-order valence-corrected chi connectivity index (χ2v) is 9.70. The topological polar surface area (TPSA) is 139 Å². The van der Waals surface area contributed by atoms with Gasteiger partial charge < -0.3 is 24.2 Å². The van der Waals surface area contributed by atoms with Crippen LogP contribution in [0.15, 0.2) is 28.9 Å². The number of aliphatic hydroxyl groups is 2. The normalized spacial score (nSPS) is 24.6. The molecule has 1 saturated heterocycles. The Morgan fingerprint density at radius 2 is 1.97 bits per heavy atom. The Morgan fingerprint density at radius 1 is 1.22 bits per heavy atom. The van der Waals surface area contributed by atoms with Crippen LogP contribution in [0.2, 0.25) is 0 Å². The van der Waals surface area contributed by atoms with Crippen molar-refractivity contribution in [2.24, 2.45) is 0 Å². The quantitative estimate of drug-likeness (QED) is 0.519. The summed E-state index contributed by atoms with van der Waals surface area (Å²) in [5.41, 5.74) is -0.274. The molecule has 1 aromatic carbocycles. The van der Waals surface area contributed by atoms with E-state index in [0.29, 0.717) is 11.5 Å². The summed E-state index contributed by atoms with van der Waals surface area (Å²) < 4.78 is 47.1. The van der Waals surface area contributed by atoms with E-state index in [0.717, 1.165) is 6.07 Å². The largest absolute Gasteiger partial charge is 0.394 e. The van der Waals surface area contributed by atoms with Crippen LogP contribution in [0.4, 0.5) is 8.78 Å². The molecule has 10 nitrogen and oxygen atoms in total. The first kappa shape index (κ1) is 25.8. The first-order valence-corrected chi connectivity index (χ1v) is 11.3. The van der Waals surface area contributed by atoms with E-state index < -0.39 is 54.3 Å². The van der Waals surface area contributed by atoms with Crippen LogP contribution in [0.25, 0.3) is 11.3 Å². The van der Waals surface area contributed by atoms with Crippen LogP contribution in [0.1, 0.15) is 43.8 Å². The van der Waals surface area contributed by atoms with Gasteiger partial charge in [-0.2, -0.15) is 5.26 Å². The summed E-state index contributed by atoms with van der Waals surface area (Å²) in [5.74, 6) is -1.83. The number of nitrogens with zero attached hydrogens (tertiary/aromatic N) is 5. The summed E-state index contributed by atoms with van der Waals surface area (Å²) in [6, 6.07) is 4.90. The maximum atomic E-state index is 14.6. The van der Waals surface area contributed by atoms with E-state index in [4.69, 9.17) is 19.3 Å². The van der Waals surface area contributed by atoms with Gasteiger partial charge in [-0.15, -0.1) is 5.10 Å². The molecule has 2 aromatic heterocycles. The number of methoxy groups -OCH3 is 1. The Hall–Kier alpha value is -3.24. The highest BCUT2D eigenvalue weighted by Gasteiger charge is 2.47. The summed E-state index contributed by atoms with van der Waals surface area (Å²) in [4.78, 5) is 0. The minimum atomic E-state index is -1.28. The fourth-order valence-electron chi connectivity index (χ4n) is 4.28. The first-order valence-electron chi connectivity index (χ1n) is 11.3. The Kier molecular flexibility index (Phi) is 7.19. The molecule has 1 fully saturated rings. The van der Waals surface area contributed by atoms with Crippen molar-refractivity contribution in [1.29, 1.82) is 5.26 Å². The van der Waals surface area contributed by atoms with Crippen LogP contribution in [0.3, 0.4) is 0 Å².